The number of hydrogen-bond acceptors (Lipinski definition) is 5. The van der Waals surface area contributed by atoms with Gasteiger partial charge in [-0.25, -0.2) is 9.78 Å². The number of aromatic nitrogens is 1. The average molecular weight is 382 g/mol. The molecule has 1 aromatic heterocycles. The topological polar surface area (TPSA) is 74.3 Å². The minimum Gasteiger partial charge on any atom is -0.338 e. The van der Waals surface area contributed by atoms with Gasteiger partial charge in [0, 0.05) is 6.54 Å². The number of likely N-dealkylation sites (N-methyl/N-ethyl adjacent to an activating group) is 1. The normalized spacial score (nSPS) is 12.1. The van der Waals surface area contributed by atoms with Gasteiger partial charge in [-0.1, -0.05) is 42.5 Å². The summed E-state index contributed by atoms with van der Waals surface area (Å²) in [5, 5.41) is 5.94. The Morgan fingerprint density at radius 3 is 2.52 bits per heavy atom. The number of benzene rings is 2. The average Bonchev–Trinajstić information content (AvgIpc) is 3.05. The van der Waals surface area contributed by atoms with Crippen LogP contribution in [0.5, 0.6) is 0 Å². The van der Waals surface area contributed by atoms with Crippen molar-refractivity contribution in [2.75, 3.05) is 13.6 Å². The van der Waals surface area contributed by atoms with Gasteiger partial charge in [0.1, 0.15) is 11.0 Å². The molecule has 6 nitrogen and oxygen atoms in total. The Hall–Kier alpha value is -2.77. The van der Waals surface area contributed by atoms with Crippen LogP contribution in [-0.4, -0.2) is 35.4 Å². The van der Waals surface area contributed by atoms with Gasteiger partial charge in [-0.05, 0) is 31.7 Å². The number of nitrogens with zero attached hydrogens (tertiary/aromatic N) is 2. The lowest BCUT2D eigenvalue weighted by atomic mass is 10.0. The molecule has 0 saturated heterocycles. The van der Waals surface area contributed by atoms with Crippen LogP contribution < -0.4 is 10.6 Å². The van der Waals surface area contributed by atoms with E-state index in [0.29, 0.717) is 13.1 Å². The number of thiazole rings is 1. The third-order valence-corrected chi connectivity index (χ3v) is 5.12. The lowest BCUT2D eigenvalue weighted by molar-refractivity contribution is -0.125. The molecule has 3 aromatic rings. The maximum Gasteiger partial charge on any atom is 0.321 e. The summed E-state index contributed by atoms with van der Waals surface area (Å²) in [5.41, 5.74) is 1.77. The first-order valence-electron chi connectivity index (χ1n) is 8.76. The first kappa shape index (κ1) is 19.0. The van der Waals surface area contributed by atoms with Gasteiger partial charge in [0.15, 0.2) is 0 Å². The van der Waals surface area contributed by atoms with Crippen molar-refractivity contribution in [2.24, 2.45) is 0 Å². The van der Waals surface area contributed by atoms with E-state index < -0.39 is 12.1 Å². The van der Waals surface area contributed by atoms with E-state index in [-0.39, 0.29) is 5.91 Å². The van der Waals surface area contributed by atoms with Gasteiger partial charge in [-0.3, -0.25) is 15.0 Å². The van der Waals surface area contributed by atoms with Crippen molar-refractivity contribution >= 4 is 33.5 Å². The molecule has 0 aliphatic rings. The number of carbonyl (C=O) groups is 2. The molecule has 0 aliphatic carbocycles. The van der Waals surface area contributed by atoms with Gasteiger partial charge >= 0.3 is 6.03 Å². The monoisotopic (exact) mass is 382 g/mol. The summed E-state index contributed by atoms with van der Waals surface area (Å²) in [5.74, 6) is -0.365. The summed E-state index contributed by atoms with van der Waals surface area (Å²) < 4.78 is 1.11. The second-order valence-electron chi connectivity index (χ2n) is 6.15. The molecule has 3 amide bonds. The zero-order valence-electron chi connectivity index (χ0n) is 15.3. The standard InChI is InChI=1S/C20H22N4O2S/c1-3-21-20(26)23-19(25)18(14-9-5-4-6-10-14)24(2)13-17-22-15-11-7-8-12-16(15)27-17/h4-12,18H,3,13H2,1-2H3,(H2,21,23,25,26)/t18-/m0/s1. The highest BCUT2D eigenvalue weighted by molar-refractivity contribution is 7.18. The van der Waals surface area contributed by atoms with Crippen molar-refractivity contribution in [2.45, 2.75) is 19.5 Å². The van der Waals surface area contributed by atoms with Crippen LogP contribution in [-0.2, 0) is 11.3 Å². The molecular weight excluding hydrogens is 360 g/mol. The van der Waals surface area contributed by atoms with Gasteiger partial charge in [-0.2, -0.15) is 0 Å². The van der Waals surface area contributed by atoms with Crippen molar-refractivity contribution in [3.05, 3.63) is 65.2 Å². The van der Waals surface area contributed by atoms with E-state index in [4.69, 9.17) is 0 Å². The molecule has 0 aliphatic heterocycles. The SMILES string of the molecule is CCNC(=O)NC(=O)[C@H](c1ccccc1)N(C)Cc1nc2ccccc2s1. The molecular formula is C20H22N4O2S. The fraction of sp³-hybridized carbons (Fsp3) is 0.250. The molecule has 0 fully saturated rings. The van der Waals surface area contributed by atoms with Gasteiger partial charge < -0.3 is 5.32 Å². The molecule has 0 saturated carbocycles. The van der Waals surface area contributed by atoms with E-state index >= 15 is 0 Å². The largest absolute Gasteiger partial charge is 0.338 e. The molecule has 2 aromatic carbocycles. The maximum absolute atomic E-state index is 12.8. The Morgan fingerprint density at radius 1 is 1.11 bits per heavy atom. The number of imide groups is 1. The number of hydrogen-bond donors (Lipinski definition) is 2. The molecule has 0 bridgehead atoms. The zero-order chi connectivity index (χ0) is 19.2. The summed E-state index contributed by atoms with van der Waals surface area (Å²) in [6, 6.07) is 16.3. The van der Waals surface area contributed by atoms with E-state index in [1.807, 2.05) is 66.5 Å². The van der Waals surface area contributed by atoms with E-state index in [1.54, 1.807) is 18.3 Å². The molecule has 2 N–H and O–H groups in total. The van der Waals surface area contributed by atoms with Crippen LogP contribution in [0.1, 0.15) is 23.5 Å². The molecule has 1 atom stereocenters. The van der Waals surface area contributed by atoms with Gasteiger partial charge in [0.25, 0.3) is 0 Å². The van der Waals surface area contributed by atoms with Crippen molar-refractivity contribution in [3.63, 3.8) is 0 Å². The van der Waals surface area contributed by atoms with Crippen molar-refractivity contribution < 1.29 is 9.59 Å². The van der Waals surface area contributed by atoms with Crippen molar-refractivity contribution in [3.8, 4) is 0 Å². The molecule has 27 heavy (non-hydrogen) atoms. The minimum atomic E-state index is -0.596. The lowest BCUT2D eigenvalue weighted by Crippen LogP contribution is -2.45. The fourth-order valence-corrected chi connectivity index (χ4v) is 3.95. The quantitative estimate of drug-likeness (QED) is 0.686. The molecule has 0 unspecified atom stereocenters. The highest BCUT2D eigenvalue weighted by Crippen LogP contribution is 2.26. The number of amides is 3. The third-order valence-electron chi connectivity index (χ3n) is 4.10. The first-order valence-corrected chi connectivity index (χ1v) is 9.58. The Morgan fingerprint density at radius 2 is 1.81 bits per heavy atom. The fourth-order valence-electron chi connectivity index (χ4n) is 2.92. The van der Waals surface area contributed by atoms with Gasteiger partial charge in [0.2, 0.25) is 5.91 Å². The molecule has 0 spiro atoms. The number of para-hydroxylation sites is 1. The Kier molecular flexibility index (Phi) is 6.16. The molecule has 3 rings (SSSR count). The number of carbonyl (C=O) groups excluding carboxylic acids is 2. The van der Waals surface area contributed by atoms with E-state index in [9.17, 15) is 9.59 Å². The Labute approximate surface area is 162 Å². The Balaban J connectivity index is 1.82. The molecule has 0 radical (unpaired) electrons. The van der Waals surface area contributed by atoms with Crippen molar-refractivity contribution in [1.29, 1.82) is 0 Å². The second kappa shape index (κ2) is 8.75. The smallest absolute Gasteiger partial charge is 0.321 e. The van der Waals surface area contributed by atoms with Crippen LogP contribution in [0.25, 0.3) is 10.2 Å². The summed E-state index contributed by atoms with van der Waals surface area (Å²) in [6.45, 7) is 2.76. The number of fused-ring (bicyclic) bond motifs is 1. The van der Waals surface area contributed by atoms with Crippen LogP contribution in [0, 0.1) is 0 Å². The molecule has 1 heterocycles. The van der Waals surface area contributed by atoms with Gasteiger partial charge in [-0.15, -0.1) is 11.3 Å². The predicted octanol–water partition coefficient (Wildman–Crippen LogP) is 3.32. The highest BCUT2D eigenvalue weighted by Gasteiger charge is 2.27. The van der Waals surface area contributed by atoms with Crippen LogP contribution in [0.4, 0.5) is 4.79 Å². The van der Waals surface area contributed by atoms with Crippen LogP contribution in [0.15, 0.2) is 54.6 Å². The Bertz CT molecular complexity index is 893. The van der Waals surface area contributed by atoms with Crippen LogP contribution >= 0.6 is 11.3 Å². The second-order valence-corrected chi connectivity index (χ2v) is 7.27. The highest BCUT2D eigenvalue weighted by atomic mass is 32.1. The maximum atomic E-state index is 12.8. The summed E-state index contributed by atoms with van der Waals surface area (Å²) >= 11 is 1.61. The van der Waals surface area contributed by atoms with Crippen LogP contribution in [0.3, 0.4) is 0 Å². The van der Waals surface area contributed by atoms with Gasteiger partial charge in [0.05, 0.1) is 16.8 Å². The summed E-state index contributed by atoms with van der Waals surface area (Å²) in [6.07, 6.45) is 0. The number of nitrogens with one attached hydrogen (secondary N) is 2. The van der Waals surface area contributed by atoms with Crippen LogP contribution in [0.2, 0.25) is 0 Å². The zero-order valence-corrected chi connectivity index (χ0v) is 16.1. The summed E-state index contributed by atoms with van der Waals surface area (Å²) in [4.78, 5) is 31.2. The molecule has 7 heteroatoms. The third kappa shape index (κ3) is 4.69. The first-order chi connectivity index (χ1) is 13.1. The van der Waals surface area contributed by atoms with E-state index in [1.165, 1.54) is 0 Å². The minimum absolute atomic E-state index is 0.365. The van der Waals surface area contributed by atoms with E-state index in [0.717, 1.165) is 20.8 Å². The number of urea groups is 1. The molecule has 140 valence electrons. The number of rotatable bonds is 6. The predicted molar refractivity (Wildman–Crippen MR) is 107 cm³/mol. The summed E-state index contributed by atoms with van der Waals surface area (Å²) in [7, 11) is 1.86. The lowest BCUT2D eigenvalue weighted by Gasteiger charge is -2.26. The van der Waals surface area contributed by atoms with Crippen molar-refractivity contribution in [1.82, 2.24) is 20.5 Å². The van der Waals surface area contributed by atoms with E-state index in [2.05, 4.69) is 15.6 Å².